The number of amides is 1. The second-order valence-electron chi connectivity index (χ2n) is 8.35. The van der Waals surface area contributed by atoms with Crippen molar-refractivity contribution in [3.05, 3.63) is 51.0 Å². The molecule has 2 aromatic heterocycles. The van der Waals surface area contributed by atoms with Gasteiger partial charge in [-0.05, 0) is 51.2 Å². The van der Waals surface area contributed by atoms with Crippen molar-refractivity contribution < 1.29 is 4.79 Å². The van der Waals surface area contributed by atoms with Crippen LogP contribution in [-0.2, 0) is 12.8 Å². The van der Waals surface area contributed by atoms with Gasteiger partial charge in [0.05, 0.1) is 17.1 Å². The minimum Gasteiger partial charge on any atom is -0.368 e. The largest absolute Gasteiger partial charge is 0.368 e. The lowest BCUT2D eigenvalue weighted by Crippen LogP contribution is -2.48. The lowest BCUT2D eigenvalue weighted by Gasteiger charge is -2.38. The van der Waals surface area contributed by atoms with Crippen molar-refractivity contribution in [1.82, 2.24) is 25.2 Å². The van der Waals surface area contributed by atoms with Gasteiger partial charge in [-0.15, -0.1) is 0 Å². The summed E-state index contributed by atoms with van der Waals surface area (Å²) < 4.78 is 0. The van der Waals surface area contributed by atoms with E-state index < -0.39 is 0 Å². The Hall–Kier alpha value is -2.74. The van der Waals surface area contributed by atoms with E-state index in [0.717, 1.165) is 74.8 Å². The molecule has 0 unspecified atom stereocenters. The highest BCUT2D eigenvalue weighted by atomic mass is 16.1. The maximum atomic E-state index is 11.9. The van der Waals surface area contributed by atoms with Gasteiger partial charge in [-0.2, -0.15) is 0 Å². The van der Waals surface area contributed by atoms with Gasteiger partial charge in [0.2, 0.25) is 0 Å². The number of carbonyl (C=O) groups excluding carboxylic acids is 1. The number of carbonyl (C=O) groups is 1. The highest BCUT2D eigenvalue weighted by molar-refractivity contribution is 5.92. The number of nitrogens with one attached hydrogen (secondary N) is 2. The molecule has 8 heteroatoms. The van der Waals surface area contributed by atoms with E-state index in [1.54, 1.807) is 20.0 Å². The summed E-state index contributed by atoms with van der Waals surface area (Å²) in [5, 5.41) is 2.62. The van der Waals surface area contributed by atoms with Gasteiger partial charge in [0.25, 0.3) is 11.5 Å². The molecule has 2 N–H and O–H groups in total. The van der Waals surface area contributed by atoms with Crippen molar-refractivity contribution in [3.63, 3.8) is 0 Å². The summed E-state index contributed by atoms with van der Waals surface area (Å²) in [5.41, 5.74) is 5.05. The first-order valence-corrected chi connectivity index (χ1v) is 10.7. The molecule has 0 aromatic carbocycles. The Kier molecular flexibility index (Phi) is 5.85. The van der Waals surface area contributed by atoms with Crippen LogP contribution in [0.4, 0.5) is 5.69 Å². The van der Waals surface area contributed by atoms with Crippen LogP contribution in [0.1, 0.15) is 39.7 Å². The van der Waals surface area contributed by atoms with Gasteiger partial charge in [0.1, 0.15) is 11.4 Å². The third kappa shape index (κ3) is 4.23. The van der Waals surface area contributed by atoms with Crippen LogP contribution in [0.25, 0.3) is 0 Å². The lowest BCUT2D eigenvalue weighted by atomic mass is 9.88. The number of aromatic nitrogens is 3. The summed E-state index contributed by atoms with van der Waals surface area (Å²) in [4.78, 5) is 40.5. The second-order valence-corrected chi connectivity index (χ2v) is 8.35. The fourth-order valence-corrected chi connectivity index (χ4v) is 4.56. The van der Waals surface area contributed by atoms with E-state index in [1.165, 1.54) is 0 Å². The SMILES string of the molecule is CNC(=O)c1ccc(N2CCN(C[C@H]3CCc4nc(C)c(=O)[nH]c4C3)CC2)c(C)n1. The summed E-state index contributed by atoms with van der Waals surface area (Å²) in [6.45, 7) is 8.69. The van der Waals surface area contributed by atoms with Crippen LogP contribution in [0.5, 0.6) is 0 Å². The van der Waals surface area contributed by atoms with E-state index in [0.29, 0.717) is 17.3 Å². The maximum absolute atomic E-state index is 11.9. The number of aromatic amines is 1. The minimum absolute atomic E-state index is 0.0607. The standard InChI is InChI=1S/C22H30N6O2/c1-14-20(7-6-18(24-14)22(30)23-3)28-10-8-27(9-11-28)13-16-4-5-17-19(12-16)26-21(29)15(2)25-17/h6-7,16H,4-5,8-13H2,1-3H3,(H,23,30)(H,26,29)/t16-/m0/s1. The number of rotatable bonds is 4. The third-order valence-corrected chi connectivity index (χ3v) is 6.27. The molecule has 2 aliphatic rings. The molecule has 0 spiro atoms. The Morgan fingerprint density at radius 2 is 1.93 bits per heavy atom. The molecule has 1 amide bonds. The number of aryl methyl sites for hydroxylation is 3. The van der Waals surface area contributed by atoms with Crippen LogP contribution >= 0.6 is 0 Å². The van der Waals surface area contributed by atoms with Gasteiger partial charge < -0.3 is 15.2 Å². The van der Waals surface area contributed by atoms with Gasteiger partial charge in [0.15, 0.2) is 0 Å². The fourth-order valence-electron chi connectivity index (χ4n) is 4.56. The van der Waals surface area contributed by atoms with Crippen molar-refractivity contribution in [3.8, 4) is 0 Å². The molecule has 1 aliphatic heterocycles. The first-order valence-electron chi connectivity index (χ1n) is 10.7. The number of fused-ring (bicyclic) bond motifs is 1. The van der Waals surface area contributed by atoms with Gasteiger partial charge in [-0.25, -0.2) is 4.98 Å². The monoisotopic (exact) mass is 410 g/mol. The molecule has 4 rings (SSSR count). The molecule has 0 bridgehead atoms. The molecule has 2 aromatic rings. The number of anilines is 1. The maximum Gasteiger partial charge on any atom is 0.269 e. The fraction of sp³-hybridized carbons (Fsp3) is 0.545. The molecular formula is C22H30N6O2. The van der Waals surface area contributed by atoms with E-state index in [2.05, 4.69) is 30.1 Å². The van der Waals surface area contributed by atoms with Crippen molar-refractivity contribution in [2.45, 2.75) is 33.1 Å². The molecule has 30 heavy (non-hydrogen) atoms. The number of pyridine rings is 1. The van der Waals surface area contributed by atoms with Crippen molar-refractivity contribution >= 4 is 11.6 Å². The summed E-state index contributed by atoms with van der Waals surface area (Å²) in [7, 11) is 1.62. The number of piperazine rings is 1. The first kappa shape index (κ1) is 20.5. The Morgan fingerprint density at radius 1 is 1.17 bits per heavy atom. The van der Waals surface area contributed by atoms with Gasteiger partial charge in [-0.3, -0.25) is 19.5 Å². The zero-order chi connectivity index (χ0) is 21.3. The minimum atomic E-state index is -0.157. The molecule has 8 nitrogen and oxygen atoms in total. The Morgan fingerprint density at radius 3 is 2.63 bits per heavy atom. The molecule has 1 fully saturated rings. The molecule has 160 valence electrons. The second kappa shape index (κ2) is 8.55. The molecule has 1 saturated heterocycles. The molecule has 3 heterocycles. The van der Waals surface area contributed by atoms with Gasteiger partial charge >= 0.3 is 0 Å². The summed E-state index contributed by atoms with van der Waals surface area (Å²) in [5.74, 6) is 0.398. The predicted octanol–water partition coefficient (Wildman–Crippen LogP) is 1.07. The Bertz CT molecular complexity index is 994. The molecule has 0 radical (unpaired) electrons. The Labute approximate surface area is 176 Å². The Balaban J connectivity index is 1.33. The smallest absolute Gasteiger partial charge is 0.269 e. The average Bonchev–Trinajstić information content (AvgIpc) is 2.75. The molecule has 1 aliphatic carbocycles. The van der Waals surface area contributed by atoms with Crippen molar-refractivity contribution in [2.24, 2.45) is 5.92 Å². The van der Waals surface area contributed by atoms with Crippen molar-refractivity contribution in [1.29, 1.82) is 0 Å². The van der Waals surface area contributed by atoms with Crippen LogP contribution in [0, 0.1) is 19.8 Å². The van der Waals surface area contributed by atoms with E-state index in [4.69, 9.17) is 0 Å². The van der Waals surface area contributed by atoms with E-state index in [9.17, 15) is 9.59 Å². The van der Waals surface area contributed by atoms with Crippen LogP contribution in [0.3, 0.4) is 0 Å². The highest BCUT2D eigenvalue weighted by Gasteiger charge is 2.26. The predicted molar refractivity (Wildman–Crippen MR) is 116 cm³/mol. The number of nitrogens with zero attached hydrogens (tertiary/aromatic N) is 4. The van der Waals surface area contributed by atoms with E-state index >= 15 is 0 Å². The zero-order valence-electron chi connectivity index (χ0n) is 18.0. The van der Waals surface area contributed by atoms with Crippen LogP contribution in [0.15, 0.2) is 16.9 Å². The van der Waals surface area contributed by atoms with Crippen molar-refractivity contribution in [2.75, 3.05) is 44.7 Å². The molecule has 0 saturated carbocycles. The first-order chi connectivity index (χ1) is 14.4. The van der Waals surface area contributed by atoms with E-state index in [-0.39, 0.29) is 11.5 Å². The summed E-state index contributed by atoms with van der Waals surface area (Å²) in [6.07, 6.45) is 2.97. The zero-order valence-corrected chi connectivity index (χ0v) is 18.0. The number of H-pyrrole nitrogens is 1. The summed E-state index contributed by atoms with van der Waals surface area (Å²) in [6, 6.07) is 3.80. The normalized spacial score (nSPS) is 19.4. The average molecular weight is 411 g/mol. The van der Waals surface area contributed by atoms with E-state index in [1.807, 2.05) is 13.0 Å². The number of hydrogen-bond acceptors (Lipinski definition) is 6. The molecular weight excluding hydrogens is 380 g/mol. The lowest BCUT2D eigenvalue weighted by molar-refractivity contribution is 0.0958. The number of hydrogen-bond donors (Lipinski definition) is 2. The van der Waals surface area contributed by atoms with Crippen LogP contribution in [0.2, 0.25) is 0 Å². The van der Waals surface area contributed by atoms with Crippen LogP contribution in [-0.4, -0.2) is 65.5 Å². The van der Waals surface area contributed by atoms with Gasteiger partial charge in [-0.1, -0.05) is 0 Å². The quantitative estimate of drug-likeness (QED) is 0.783. The topological polar surface area (TPSA) is 94.2 Å². The van der Waals surface area contributed by atoms with Crippen LogP contribution < -0.4 is 15.8 Å². The van der Waals surface area contributed by atoms with Gasteiger partial charge in [0, 0.05) is 45.5 Å². The summed E-state index contributed by atoms with van der Waals surface area (Å²) >= 11 is 0. The third-order valence-electron chi connectivity index (χ3n) is 6.27. The molecule has 1 atom stereocenters. The highest BCUT2D eigenvalue weighted by Crippen LogP contribution is 2.25.